The van der Waals surface area contributed by atoms with Crippen LogP contribution in [0.3, 0.4) is 0 Å². The van der Waals surface area contributed by atoms with Gasteiger partial charge in [-0.1, -0.05) is 6.92 Å². The molecule has 0 aromatic carbocycles. The van der Waals surface area contributed by atoms with Crippen molar-refractivity contribution >= 4 is 18.2 Å². The molecule has 11 heteroatoms. The van der Waals surface area contributed by atoms with Gasteiger partial charge < -0.3 is 43.8 Å². The van der Waals surface area contributed by atoms with Gasteiger partial charge in [-0.3, -0.25) is 4.79 Å². The largest absolute Gasteiger partial charge is 0.462 e. The second-order valence-corrected chi connectivity index (χ2v) is 14.3. The van der Waals surface area contributed by atoms with Gasteiger partial charge in [-0.25, -0.2) is 4.79 Å². The molecule has 1 unspecified atom stereocenters. The summed E-state index contributed by atoms with van der Waals surface area (Å²) in [6.45, 7) is 5.30. The minimum absolute atomic E-state index is 0.0418. The lowest BCUT2D eigenvalue weighted by Crippen LogP contribution is -2.71. The summed E-state index contributed by atoms with van der Waals surface area (Å²) in [6, 6.07) is 0. The minimum Gasteiger partial charge on any atom is -0.462 e. The summed E-state index contributed by atoms with van der Waals surface area (Å²) >= 11 is 0. The van der Waals surface area contributed by atoms with Crippen molar-refractivity contribution in [2.24, 2.45) is 34.5 Å². The van der Waals surface area contributed by atoms with E-state index < -0.39 is 64.9 Å². The smallest absolute Gasteiger partial charge is 0.331 e. The highest BCUT2D eigenvalue weighted by molar-refractivity contribution is 5.85. The van der Waals surface area contributed by atoms with E-state index in [9.17, 15) is 29.7 Å². The van der Waals surface area contributed by atoms with Gasteiger partial charge in [0.15, 0.2) is 0 Å². The first-order valence-corrected chi connectivity index (χ1v) is 15.5. The Morgan fingerprint density at radius 3 is 2.57 bits per heavy atom. The van der Waals surface area contributed by atoms with Crippen LogP contribution in [0.4, 0.5) is 0 Å². The Morgan fingerprint density at radius 2 is 1.88 bits per heavy atom. The van der Waals surface area contributed by atoms with Gasteiger partial charge in [0, 0.05) is 42.6 Å². The van der Waals surface area contributed by atoms with Gasteiger partial charge in [0.05, 0.1) is 23.9 Å². The third-order valence-electron chi connectivity index (χ3n) is 12.4. The summed E-state index contributed by atoms with van der Waals surface area (Å²) < 4.78 is 29.3. The number of carbonyl (C=O) groups excluding carboxylic acids is 3. The number of carbonyl (C=O) groups is 3. The van der Waals surface area contributed by atoms with Gasteiger partial charge in [0.2, 0.25) is 12.1 Å². The Labute approximate surface area is 244 Å². The number of aliphatic hydroxyl groups excluding tert-OH is 1. The number of aldehydes is 1. The topological polar surface area (TPSA) is 158 Å². The summed E-state index contributed by atoms with van der Waals surface area (Å²) in [5.74, 6) is -3.61. The van der Waals surface area contributed by atoms with E-state index in [1.165, 1.54) is 13.0 Å². The lowest BCUT2D eigenvalue weighted by Gasteiger charge is -2.64. The van der Waals surface area contributed by atoms with Crippen molar-refractivity contribution in [1.82, 2.24) is 0 Å². The van der Waals surface area contributed by atoms with Gasteiger partial charge in [0.25, 0.3) is 0 Å². The summed E-state index contributed by atoms with van der Waals surface area (Å²) in [4.78, 5) is 37.5. The van der Waals surface area contributed by atoms with Crippen molar-refractivity contribution in [1.29, 1.82) is 0 Å². The van der Waals surface area contributed by atoms with E-state index >= 15 is 0 Å². The van der Waals surface area contributed by atoms with Crippen LogP contribution in [0.5, 0.6) is 0 Å². The third kappa shape index (κ3) is 3.83. The first-order valence-electron chi connectivity index (χ1n) is 15.5. The molecule has 14 atom stereocenters. The number of cyclic esters (lactones) is 1. The highest BCUT2D eigenvalue weighted by Crippen LogP contribution is 2.70. The maximum Gasteiger partial charge on any atom is 0.331 e. The molecule has 3 heterocycles. The number of ether oxygens (including phenoxy) is 5. The fraction of sp³-hybridized carbons (Fsp3) is 0.839. The molecule has 0 amide bonds. The first kappa shape index (κ1) is 28.9. The standard InChI is InChI=1S/C31H42O11/c1-15-8-24(34)31(37)27(39-15)41-22-11-29(14-32)18(10-21(22)42-31)4-5-20-19(29)6-7-28(3)26(17-9-25(35)38-13-17)23(40-16(2)33)12-30(20,28)36/h9,14-15,18-24,26-27,34,36-37H,4-8,10-13H2,1-3H3/t15-,18+,19+,20-,21-,22-,23?,24-,26+,27+,28-,29-,30+,31+/m1/s1. The Bertz CT molecular complexity index is 1200. The average molecular weight is 591 g/mol. The van der Waals surface area contributed by atoms with Crippen molar-refractivity contribution in [2.75, 3.05) is 6.61 Å². The molecule has 6 fully saturated rings. The molecular formula is C31H42O11. The van der Waals surface area contributed by atoms with E-state index in [0.29, 0.717) is 38.5 Å². The number of esters is 2. The monoisotopic (exact) mass is 590 g/mol. The van der Waals surface area contributed by atoms with E-state index in [4.69, 9.17) is 23.7 Å². The number of rotatable bonds is 3. The predicted molar refractivity (Wildman–Crippen MR) is 142 cm³/mol. The molecule has 3 N–H and O–H groups in total. The second-order valence-electron chi connectivity index (χ2n) is 14.3. The van der Waals surface area contributed by atoms with Gasteiger partial charge in [-0.2, -0.15) is 0 Å². The number of hydrogen-bond acceptors (Lipinski definition) is 11. The molecule has 0 aromatic heterocycles. The molecule has 0 radical (unpaired) electrons. The molecule has 4 aliphatic carbocycles. The lowest BCUT2D eigenvalue weighted by atomic mass is 9.42. The van der Waals surface area contributed by atoms with Crippen LogP contribution in [0.2, 0.25) is 0 Å². The molecular weight excluding hydrogens is 548 g/mol. The molecule has 11 nitrogen and oxygen atoms in total. The molecule has 3 aliphatic heterocycles. The average Bonchev–Trinajstić information content (AvgIpc) is 3.43. The van der Waals surface area contributed by atoms with Crippen molar-refractivity contribution in [3.05, 3.63) is 11.6 Å². The Hall–Kier alpha value is -1.89. The maximum atomic E-state index is 13.3. The van der Waals surface area contributed by atoms with Gasteiger partial charge in [0.1, 0.15) is 25.1 Å². The number of aliphatic hydroxyl groups is 3. The fourth-order valence-corrected chi connectivity index (χ4v) is 10.6. The van der Waals surface area contributed by atoms with Gasteiger partial charge in [-0.05, 0) is 68.8 Å². The van der Waals surface area contributed by atoms with Crippen molar-refractivity contribution in [3.8, 4) is 0 Å². The van der Waals surface area contributed by atoms with E-state index in [0.717, 1.165) is 11.9 Å². The van der Waals surface area contributed by atoms with Crippen molar-refractivity contribution in [2.45, 2.75) is 120 Å². The highest BCUT2D eigenvalue weighted by atomic mass is 16.8. The Kier molecular flexibility index (Phi) is 6.56. The highest BCUT2D eigenvalue weighted by Gasteiger charge is 2.73. The predicted octanol–water partition coefficient (Wildman–Crippen LogP) is 1.54. The third-order valence-corrected chi connectivity index (χ3v) is 12.4. The Balaban J connectivity index is 1.21. The molecule has 2 saturated heterocycles. The van der Waals surface area contributed by atoms with Crippen LogP contribution >= 0.6 is 0 Å². The quantitative estimate of drug-likeness (QED) is 0.249. The molecule has 0 aromatic rings. The van der Waals surface area contributed by atoms with Crippen LogP contribution in [0.25, 0.3) is 0 Å². The zero-order chi connectivity index (χ0) is 29.8. The number of fused-ring (bicyclic) bond motifs is 7. The minimum atomic E-state index is -1.96. The molecule has 7 aliphatic rings. The summed E-state index contributed by atoms with van der Waals surface area (Å²) in [7, 11) is 0. The SMILES string of the molecule is CC(=O)OC1C[C@]2(O)[C@@H]3CC[C@H]4C[C@H]5O[C@]6(O)[C@@H](O[C@H](C)C[C@H]6O)O[C@@H]5C[C@]4(C=O)[C@H]3CC[C@]2(C)[C@H]1C1=CC(=O)OC1. The molecule has 4 saturated carbocycles. The zero-order valence-corrected chi connectivity index (χ0v) is 24.4. The van der Waals surface area contributed by atoms with Gasteiger partial charge in [-0.15, -0.1) is 0 Å². The second kappa shape index (κ2) is 9.55. The normalized spacial score (nSPS) is 54.7. The van der Waals surface area contributed by atoms with Crippen LogP contribution in [0.1, 0.15) is 72.1 Å². The van der Waals surface area contributed by atoms with E-state index in [-0.39, 0.29) is 49.2 Å². The van der Waals surface area contributed by atoms with E-state index in [1.54, 1.807) is 6.92 Å². The van der Waals surface area contributed by atoms with Crippen molar-refractivity contribution in [3.63, 3.8) is 0 Å². The summed E-state index contributed by atoms with van der Waals surface area (Å²) in [5.41, 5.74) is -1.96. The van der Waals surface area contributed by atoms with Crippen LogP contribution in [0.15, 0.2) is 11.6 Å². The van der Waals surface area contributed by atoms with Crippen LogP contribution < -0.4 is 0 Å². The van der Waals surface area contributed by atoms with E-state index in [2.05, 4.69) is 0 Å². The molecule has 0 spiro atoms. The van der Waals surface area contributed by atoms with Crippen LogP contribution in [-0.2, 0) is 38.1 Å². The lowest BCUT2D eigenvalue weighted by molar-refractivity contribution is -0.457. The van der Waals surface area contributed by atoms with Crippen molar-refractivity contribution < 1.29 is 53.4 Å². The molecule has 42 heavy (non-hydrogen) atoms. The number of hydrogen-bond donors (Lipinski definition) is 3. The van der Waals surface area contributed by atoms with Crippen LogP contribution in [-0.4, -0.2) is 88.3 Å². The maximum absolute atomic E-state index is 13.3. The first-order chi connectivity index (χ1) is 19.8. The molecule has 7 rings (SSSR count). The zero-order valence-electron chi connectivity index (χ0n) is 24.4. The fourth-order valence-electron chi connectivity index (χ4n) is 10.6. The summed E-state index contributed by atoms with van der Waals surface area (Å²) in [6.07, 6.45) is 2.20. The van der Waals surface area contributed by atoms with Crippen LogP contribution in [0, 0.1) is 34.5 Å². The van der Waals surface area contributed by atoms with E-state index in [1.807, 2.05) is 6.92 Å². The summed E-state index contributed by atoms with van der Waals surface area (Å²) in [5, 5.41) is 34.6. The molecule has 0 bridgehead atoms. The Morgan fingerprint density at radius 1 is 1.10 bits per heavy atom. The van der Waals surface area contributed by atoms with Gasteiger partial charge >= 0.3 is 11.9 Å². The molecule has 232 valence electrons.